The van der Waals surface area contributed by atoms with Gasteiger partial charge < -0.3 is 11.5 Å². The fraction of sp³-hybridized carbons (Fsp3) is 0.533. The molecule has 5 N–H and O–H groups in total. The molecule has 7 heteroatoms. The summed E-state index contributed by atoms with van der Waals surface area (Å²) in [5.74, 6) is -0.333. The maximum atomic E-state index is 11.7. The minimum Gasteiger partial charge on any atom is -0.370 e. The molecule has 0 heterocycles. The molecule has 0 aliphatic rings. The number of guanidine groups is 1. The van der Waals surface area contributed by atoms with Crippen LogP contribution < -0.4 is 11.5 Å². The smallest absolute Gasteiger partial charge is 0.296 e. The Labute approximate surface area is 133 Å². The van der Waals surface area contributed by atoms with Gasteiger partial charge in [-0.25, -0.2) is 0 Å². The van der Waals surface area contributed by atoms with E-state index in [2.05, 4.69) is 18.4 Å². The Kier molecular flexibility index (Phi) is 11.1. The van der Waals surface area contributed by atoms with Gasteiger partial charge in [0, 0.05) is 0 Å². The van der Waals surface area contributed by atoms with E-state index in [-0.39, 0.29) is 17.5 Å². The van der Waals surface area contributed by atoms with Crippen LogP contribution in [0, 0.1) is 5.41 Å². The van der Waals surface area contributed by atoms with Gasteiger partial charge in [0.2, 0.25) is 0 Å². The van der Waals surface area contributed by atoms with Crippen molar-refractivity contribution in [1.82, 2.24) is 0 Å². The highest BCUT2D eigenvalue weighted by Crippen LogP contribution is 2.12. The lowest BCUT2D eigenvalue weighted by atomic mass is 10.1. The molecule has 1 aromatic carbocycles. The van der Waals surface area contributed by atoms with E-state index in [9.17, 15) is 8.42 Å². The van der Waals surface area contributed by atoms with E-state index in [0.717, 1.165) is 19.3 Å². The Bertz CT molecular complexity index is 500. The zero-order valence-corrected chi connectivity index (χ0v) is 13.9. The van der Waals surface area contributed by atoms with Gasteiger partial charge in [-0.3, -0.25) is 9.59 Å². The Morgan fingerprint density at radius 2 is 1.55 bits per heavy atom. The van der Waals surface area contributed by atoms with Gasteiger partial charge in [-0.1, -0.05) is 57.2 Å². The van der Waals surface area contributed by atoms with E-state index in [0.29, 0.717) is 0 Å². The molecule has 0 atom stereocenters. The van der Waals surface area contributed by atoms with Crippen molar-refractivity contribution in [2.75, 3.05) is 6.61 Å². The van der Waals surface area contributed by atoms with Crippen molar-refractivity contribution in [3.05, 3.63) is 30.3 Å². The van der Waals surface area contributed by atoms with Crippen LogP contribution in [0.25, 0.3) is 0 Å². The molecule has 0 saturated carbocycles. The average molecular weight is 329 g/mol. The number of rotatable bonds is 9. The van der Waals surface area contributed by atoms with Crippen molar-refractivity contribution in [3.8, 4) is 0 Å². The maximum absolute atomic E-state index is 11.7. The van der Waals surface area contributed by atoms with Gasteiger partial charge in [-0.05, 0) is 18.6 Å². The molecule has 0 fully saturated rings. The zero-order valence-electron chi connectivity index (χ0n) is 13.1. The molecular formula is C15H27N3O3S. The third-order valence-electron chi connectivity index (χ3n) is 2.77. The SMILES string of the molecule is CCCCCCCCOS(=O)(=O)c1ccccc1.N=C(N)N. The van der Waals surface area contributed by atoms with Crippen molar-refractivity contribution in [2.24, 2.45) is 11.5 Å². The summed E-state index contributed by atoms with van der Waals surface area (Å²) in [6.07, 6.45) is 6.69. The lowest BCUT2D eigenvalue weighted by Crippen LogP contribution is -2.20. The molecule has 0 amide bonds. The highest BCUT2D eigenvalue weighted by molar-refractivity contribution is 7.86. The molecule has 126 valence electrons. The van der Waals surface area contributed by atoms with Crippen LogP contribution in [0.15, 0.2) is 35.2 Å². The van der Waals surface area contributed by atoms with Crippen molar-refractivity contribution in [3.63, 3.8) is 0 Å². The molecule has 1 rings (SSSR count). The molecule has 0 radical (unpaired) electrons. The van der Waals surface area contributed by atoms with Gasteiger partial charge in [0.05, 0.1) is 11.5 Å². The standard InChI is InChI=1S/C14H22O3S.CH5N3/c1-2-3-4-5-6-10-13-17-18(15,16)14-11-8-7-9-12-14;2-1(3)4/h7-9,11-12H,2-6,10,13H2,1H3;(H5,2,3,4). The van der Waals surface area contributed by atoms with Gasteiger partial charge >= 0.3 is 0 Å². The molecule has 1 aromatic rings. The molecule has 0 bridgehead atoms. The van der Waals surface area contributed by atoms with Crippen LogP contribution in [-0.4, -0.2) is 21.0 Å². The zero-order chi connectivity index (χ0) is 16.8. The third-order valence-corrected chi connectivity index (χ3v) is 4.09. The molecular weight excluding hydrogens is 302 g/mol. The summed E-state index contributed by atoms with van der Waals surface area (Å²) in [4.78, 5) is 0.232. The lowest BCUT2D eigenvalue weighted by molar-refractivity contribution is 0.306. The first-order valence-corrected chi connectivity index (χ1v) is 8.85. The van der Waals surface area contributed by atoms with Crippen LogP contribution >= 0.6 is 0 Å². The molecule has 0 unspecified atom stereocenters. The van der Waals surface area contributed by atoms with E-state index < -0.39 is 10.1 Å². The average Bonchev–Trinajstić information content (AvgIpc) is 2.47. The van der Waals surface area contributed by atoms with Crippen LogP contribution in [0.1, 0.15) is 45.4 Å². The Morgan fingerprint density at radius 1 is 1.05 bits per heavy atom. The Morgan fingerprint density at radius 3 is 2.09 bits per heavy atom. The monoisotopic (exact) mass is 329 g/mol. The van der Waals surface area contributed by atoms with Crippen molar-refractivity contribution in [2.45, 2.75) is 50.3 Å². The molecule has 22 heavy (non-hydrogen) atoms. The van der Waals surface area contributed by atoms with E-state index in [4.69, 9.17) is 9.59 Å². The minimum atomic E-state index is -3.56. The molecule has 0 aromatic heterocycles. The summed E-state index contributed by atoms with van der Waals surface area (Å²) in [5.41, 5.74) is 8.94. The van der Waals surface area contributed by atoms with Crippen LogP contribution in [-0.2, 0) is 14.3 Å². The summed E-state index contributed by atoms with van der Waals surface area (Å²) in [6.45, 7) is 2.46. The normalized spacial score (nSPS) is 10.6. The lowest BCUT2D eigenvalue weighted by Gasteiger charge is -2.05. The molecule has 6 nitrogen and oxygen atoms in total. The number of nitrogens with two attached hydrogens (primary N) is 2. The second-order valence-electron chi connectivity index (χ2n) is 4.81. The predicted octanol–water partition coefficient (Wildman–Crippen LogP) is 2.59. The first kappa shape index (κ1) is 20.4. The molecule has 0 saturated heterocycles. The van der Waals surface area contributed by atoms with Gasteiger partial charge in [0.15, 0.2) is 5.96 Å². The maximum Gasteiger partial charge on any atom is 0.296 e. The number of hydrogen-bond donors (Lipinski definition) is 3. The van der Waals surface area contributed by atoms with Gasteiger partial charge in [0.1, 0.15) is 0 Å². The van der Waals surface area contributed by atoms with E-state index in [1.54, 1.807) is 30.3 Å². The quantitative estimate of drug-likeness (QED) is 0.278. The largest absolute Gasteiger partial charge is 0.370 e. The fourth-order valence-electron chi connectivity index (χ4n) is 1.71. The minimum absolute atomic E-state index is 0.232. The molecule has 0 aliphatic carbocycles. The van der Waals surface area contributed by atoms with Crippen molar-refractivity contribution in [1.29, 1.82) is 5.41 Å². The number of hydrogen-bond acceptors (Lipinski definition) is 4. The van der Waals surface area contributed by atoms with E-state index >= 15 is 0 Å². The fourth-order valence-corrected chi connectivity index (χ4v) is 2.67. The first-order chi connectivity index (χ1) is 10.4. The van der Waals surface area contributed by atoms with E-state index in [1.165, 1.54) is 19.3 Å². The van der Waals surface area contributed by atoms with Crippen LogP contribution in [0.2, 0.25) is 0 Å². The number of nitrogens with one attached hydrogen (secondary N) is 1. The van der Waals surface area contributed by atoms with Crippen molar-refractivity contribution < 1.29 is 12.6 Å². The summed E-state index contributed by atoms with van der Waals surface area (Å²) >= 11 is 0. The second kappa shape index (κ2) is 12.0. The first-order valence-electron chi connectivity index (χ1n) is 7.44. The van der Waals surface area contributed by atoms with E-state index in [1.807, 2.05) is 0 Å². The van der Waals surface area contributed by atoms with Crippen LogP contribution in [0.5, 0.6) is 0 Å². The summed E-state index contributed by atoms with van der Waals surface area (Å²) in [7, 11) is -3.56. The number of unbranched alkanes of at least 4 members (excludes halogenated alkanes) is 5. The Balaban J connectivity index is 0.000000980. The Hall–Kier alpha value is -1.60. The summed E-state index contributed by atoms with van der Waals surface area (Å²) in [5, 5.41) is 6.06. The van der Waals surface area contributed by atoms with Crippen molar-refractivity contribution >= 4 is 16.1 Å². The third kappa shape index (κ3) is 11.1. The highest BCUT2D eigenvalue weighted by Gasteiger charge is 2.13. The van der Waals surface area contributed by atoms with Gasteiger partial charge in [-0.15, -0.1) is 0 Å². The van der Waals surface area contributed by atoms with Crippen LogP contribution in [0.3, 0.4) is 0 Å². The molecule has 0 aliphatic heterocycles. The second-order valence-corrected chi connectivity index (χ2v) is 6.43. The predicted molar refractivity (Wildman–Crippen MR) is 89.1 cm³/mol. The number of benzene rings is 1. The summed E-state index contributed by atoms with van der Waals surface area (Å²) < 4.78 is 28.5. The summed E-state index contributed by atoms with van der Waals surface area (Å²) in [6, 6.07) is 8.28. The highest BCUT2D eigenvalue weighted by atomic mass is 32.2. The van der Waals surface area contributed by atoms with Gasteiger partial charge in [0.25, 0.3) is 10.1 Å². The van der Waals surface area contributed by atoms with Crippen LogP contribution in [0.4, 0.5) is 0 Å². The molecule has 0 spiro atoms. The topological polar surface area (TPSA) is 119 Å². The van der Waals surface area contributed by atoms with Gasteiger partial charge in [-0.2, -0.15) is 8.42 Å².